The molecule has 0 aliphatic carbocycles. The third-order valence-electron chi connectivity index (χ3n) is 5.00. The highest BCUT2D eigenvalue weighted by Crippen LogP contribution is 2.44. The van der Waals surface area contributed by atoms with Gasteiger partial charge in [0.2, 0.25) is 0 Å². The first-order valence-electron chi connectivity index (χ1n) is 9.24. The minimum atomic E-state index is 0.593. The van der Waals surface area contributed by atoms with Crippen molar-refractivity contribution in [2.24, 2.45) is 5.73 Å². The maximum atomic E-state index is 6.01. The van der Waals surface area contributed by atoms with Crippen LogP contribution in [0.1, 0.15) is 36.1 Å². The quantitative estimate of drug-likeness (QED) is 0.664. The Labute approximate surface area is 156 Å². The largest absolute Gasteiger partial charge is 0.383 e. The second kappa shape index (κ2) is 8.26. The van der Waals surface area contributed by atoms with E-state index in [0.29, 0.717) is 6.54 Å². The lowest BCUT2D eigenvalue weighted by Gasteiger charge is -2.25. The topological polar surface area (TPSA) is 41.3 Å². The van der Waals surface area contributed by atoms with Crippen molar-refractivity contribution in [3.63, 3.8) is 0 Å². The zero-order valence-electron chi connectivity index (χ0n) is 15.6. The summed E-state index contributed by atoms with van der Waals surface area (Å²) in [6.07, 6.45) is 0.986. The van der Waals surface area contributed by atoms with Gasteiger partial charge in [-0.3, -0.25) is 0 Å². The van der Waals surface area contributed by atoms with Crippen molar-refractivity contribution in [2.75, 3.05) is 31.5 Å². The highest BCUT2D eigenvalue weighted by atomic mass is 32.2. The van der Waals surface area contributed by atoms with Crippen LogP contribution in [0.4, 0.5) is 5.69 Å². The second-order valence-corrected chi connectivity index (χ2v) is 7.68. The molecule has 134 valence electrons. The summed E-state index contributed by atoms with van der Waals surface area (Å²) in [4.78, 5) is 5.18. The molecule has 0 saturated carbocycles. The van der Waals surface area contributed by atoms with E-state index in [9.17, 15) is 0 Å². The normalized spacial score (nSPS) is 12.8. The number of nitrogens with zero attached hydrogens (tertiary/aromatic N) is 1. The van der Waals surface area contributed by atoms with Crippen molar-refractivity contribution in [1.82, 2.24) is 4.90 Å². The molecule has 3 N–H and O–H groups in total. The molecular formula is C21H29N3S. The van der Waals surface area contributed by atoms with Gasteiger partial charge in [0.15, 0.2) is 0 Å². The van der Waals surface area contributed by atoms with Crippen LogP contribution in [0.5, 0.6) is 0 Å². The van der Waals surface area contributed by atoms with Crippen LogP contribution in [0.3, 0.4) is 0 Å². The van der Waals surface area contributed by atoms with E-state index in [-0.39, 0.29) is 0 Å². The van der Waals surface area contributed by atoms with Gasteiger partial charge >= 0.3 is 0 Å². The van der Waals surface area contributed by atoms with E-state index in [4.69, 9.17) is 5.73 Å². The molecule has 0 fully saturated rings. The molecule has 0 aromatic heterocycles. The summed E-state index contributed by atoms with van der Waals surface area (Å²) in [7, 11) is 0. The van der Waals surface area contributed by atoms with E-state index in [1.807, 2.05) is 11.8 Å². The summed E-state index contributed by atoms with van der Waals surface area (Å²) in [5.41, 5.74) is 12.7. The summed E-state index contributed by atoms with van der Waals surface area (Å²) in [5, 5.41) is 3.67. The third-order valence-corrected chi connectivity index (χ3v) is 6.31. The smallest absolute Gasteiger partial charge is 0.0388 e. The Balaban J connectivity index is 1.84. The summed E-state index contributed by atoms with van der Waals surface area (Å²) in [6.45, 7) is 11.4. The van der Waals surface area contributed by atoms with Crippen molar-refractivity contribution in [1.29, 1.82) is 0 Å². The molecular weight excluding hydrogens is 326 g/mol. The summed E-state index contributed by atoms with van der Waals surface area (Å²) in [6, 6.07) is 11.2. The third kappa shape index (κ3) is 4.02. The fourth-order valence-electron chi connectivity index (χ4n) is 3.40. The number of nitrogens with one attached hydrogen (secondary N) is 1. The van der Waals surface area contributed by atoms with Crippen LogP contribution in [0.2, 0.25) is 0 Å². The minimum Gasteiger partial charge on any atom is -0.383 e. The monoisotopic (exact) mass is 355 g/mol. The summed E-state index contributed by atoms with van der Waals surface area (Å²) < 4.78 is 0. The fraction of sp³-hybridized carbons (Fsp3) is 0.429. The number of aryl methyl sites for hydroxylation is 1. The molecule has 0 amide bonds. The standard InChI is InChI=1S/C21H29N3S/c1-4-24(5-2)11-10-23-19-9-8-17(14-22)21-18(19)13-16-7-6-15(3)12-20(16)25-21/h6-9,12,23H,4-5,10-11,13-14,22H2,1-3H3. The molecule has 0 unspecified atom stereocenters. The number of rotatable bonds is 7. The Morgan fingerprint density at radius 1 is 1.16 bits per heavy atom. The predicted molar refractivity (Wildman–Crippen MR) is 109 cm³/mol. The van der Waals surface area contributed by atoms with Gasteiger partial charge in [-0.2, -0.15) is 0 Å². The van der Waals surface area contributed by atoms with Gasteiger partial charge in [0.25, 0.3) is 0 Å². The molecule has 3 rings (SSSR count). The maximum Gasteiger partial charge on any atom is 0.0388 e. The van der Waals surface area contributed by atoms with Crippen molar-refractivity contribution < 1.29 is 0 Å². The Kier molecular flexibility index (Phi) is 6.05. The van der Waals surface area contributed by atoms with Crippen LogP contribution >= 0.6 is 11.8 Å². The van der Waals surface area contributed by atoms with Crippen LogP contribution in [0, 0.1) is 6.92 Å². The Morgan fingerprint density at radius 3 is 2.68 bits per heavy atom. The van der Waals surface area contributed by atoms with Gasteiger partial charge in [0, 0.05) is 41.5 Å². The van der Waals surface area contributed by atoms with Gasteiger partial charge in [-0.15, -0.1) is 0 Å². The lowest BCUT2D eigenvalue weighted by Crippen LogP contribution is -2.28. The molecule has 4 heteroatoms. The van der Waals surface area contributed by atoms with Crippen LogP contribution < -0.4 is 11.1 Å². The van der Waals surface area contributed by atoms with Gasteiger partial charge in [0.05, 0.1) is 0 Å². The highest BCUT2D eigenvalue weighted by Gasteiger charge is 2.21. The molecule has 0 saturated heterocycles. The Morgan fingerprint density at radius 2 is 1.96 bits per heavy atom. The fourth-order valence-corrected chi connectivity index (χ4v) is 4.72. The Hall–Kier alpha value is -1.49. The first-order chi connectivity index (χ1) is 12.2. The lowest BCUT2D eigenvalue weighted by molar-refractivity contribution is 0.316. The summed E-state index contributed by atoms with van der Waals surface area (Å²) in [5.74, 6) is 0. The van der Waals surface area contributed by atoms with E-state index in [0.717, 1.165) is 32.6 Å². The Bertz CT molecular complexity index is 738. The summed E-state index contributed by atoms with van der Waals surface area (Å²) >= 11 is 1.88. The number of anilines is 1. The molecule has 25 heavy (non-hydrogen) atoms. The van der Waals surface area contributed by atoms with Crippen molar-refractivity contribution in [2.45, 2.75) is 43.5 Å². The number of fused-ring (bicyclic) bond motifs is 2. The van der Waals surface area contributed by atoms with E-state index >= 15 is 0 Å². The first-order valence-corrected chi connectivity index (χ1v) is 10.1. The average Bonchev–Trinajstić information content (AvgIpc) is 2.63. The van der Waals surface area contributed by atoms with Crippen LogP contribution in [0.25, 0.3) is 0 Å². The molecule has 0 radical (unpaired) electrons. The van der Waals surface area contributed by atoms with E-state index < -0.39 is 0 Å². The SMILES string of the molecule is CCN(CC)CCNc1ccc(CN)c2c1Cc1ccc(C)cc1S2. The average molecular weight is 356 g/mol. The molecule has 1 aliphatic rings. The molecule has 1 heterocycles. The highest BCUT2D eigenvalue weighted by molar-refractivity contribution is 7.99. The van der Waals surface area contributed by atoms with Crippen LogP contribution in [-0.2, 0) is 13.0 Å². The number of hydrogen-bond donors (Lipinski definition) is 2. The zero-order valence-corrected chi connectivity index (χ0v) is 16.4. The number of nitrogens with two attached hydrogens (primary N) is 1. The minimum absolute atomic E-state index is 0.593. The molecule has 3 nitrogen and oxygen atoms in total. The van der Waals surface area contributed by atoms with Crippen molar-refractivity contribution in [3.8, 4) is 0 Å². The zero-order chi connectivity index (χ0) is 17.8. The number of benzene rings is 2. The molecule has 2 aromatic carbocycles. The van der Waals surface area contributed by atoms with Crippen molar-refractivity contribution in [3.05, 3.63) is 52.6 Å². The molecule has 1 aliphatic heterocycles. The molecule has 0 atom stereocenters. The molecule has 0 bridgehead atoms. The second-order valence-electron chi connectivity index (χ2n) is 6.63. The molecule has 2 aromatic rings. The van der Waals surface area contributed by atoms with Gasteiger partial charge in [0.1, 0.15) is 0 Å². The van der Waals surface area contributed by atoms with Gasteiger partial charge in [-0.25, -0.2) is 0 Å². The first kappa shape index (κ1) is 18.3. The van der Waals surface area contributed by atoms with E-state index in [1.54, 1.807) is 0 Å². The van der Waals surface area contributed by atoms with Crippen molar-refractivity contribution >= 4 is 17.4 Å². The number of likely N-dealkylation sites (N-methyl/N-ethyl adjacent to an activating group) is 1. The van der Waals surface area contributed by atoms with Gasteiger partial charge in [-0.05, 0) is 54.4 Å². The van der Waals surface area contributed by atoms with E-state index in [2.05, 4.69) is 61.3 Å². The van der Waals surface area contributed by atoms with Crippen LogP contribution in [0.15, 0.2) is 40.1 Å². The van der Waals surface area contributed by atoms with Gasteiger partial charge < -0.3 is 16.0 Å². The van der Waals surface area contributed by atoms with E-state index in [1.165, 1.54) is 37.7 Å². The maximum absolute atomic E-state index is 6.01. The van der Waals surface area contributed by atoms with Gasteiger partial charge in [-0.1, -0.05) is 43.8 Å². The number of hydrogen-bond acceptors (Lipinski definition) is 4. The van der Waals surface area contributed by atoms with Crippen LogP contribution in [-0.4, -0.2) is 31.1 Å². The lowest BCUT2D eigenvalue weighted by atomic mass is 9.99. The predicted octanol–water partition coefficient (Wildman–Crippen LogP) is 4.26. The molecule has 0 spiro atoms.